The van der Waals surface area contributed by atoms with Gasteiger partial charge in [-0.1, -0.05) is 52.8 Å². The minimum absolute atomic E-state index is 0.0549. The standard InChI is InChI=1S/C19H30O2/c1-12(2)14-7-15(13(3)4)9-16(8-14)19(5)17(10-20)18(19)11-21-6/h7-9,12-13,17-18,20H,10-11H2,1-6H3/t17-,18?,19?/m1/s1. The first-order valence-corrected chi connectivity index (χ1v) is 8.11. The van der Waals surface area contributed by atoms with Gasteiger partial charge in [0, 0.05) is 19.1 Å². The van der Waals surface area contributed by atoms with Crippen LogP contribution in [0.5, 0.6) is 0 Å². The summed E-state index contributed by atoms with van der Waals surface area (Å²) >= 11 is 0. The maximum Gasteiger partial charge on any atom is 0.0502 e. The lowest BCUT2D eigenvalue weighted by Crippen LogP contribution is -2.11. The van der Waals surface area contributed by atoms with Crippen molar-refractivity contribution < 1.29 is 9.84 Å². The third kappa shape index (κ3) is 2.89. The van der Waals surface area contributed by atoms with Gasteiger partial charge in [-0.3, -0.25) is 0 Å². The summed E-state index contributed by atoms with van der Waals surface area (Å²) in [6.07, 6.45) is 0. The summed E-state index contributed by atoms with van der Waals surface area (Å²) < 4.78 is 5.36. The average molecular weight is 290 g/mol. The first kappa shape index (κ1) is 16.5. The number of benzene rings is 1. The summed E-state index contributed by atoms with van der Waals surface area (Å²) in [6, 6.07) is 7.02. The van der Waals surface area contributed by atoms with Gasteiger partial charge in [0.1, 0.15) is 0 Å². The molecule has 0 saturated heterocycles. The van der Waals surface area contributed by atoms with Gasteiger partial charge in [0.25, 0.3) is 0 Å². The van der Waals surface area contributed by atoms with E-state index >= 15 is 0 Å². The third-order valence-electron chi connectivity index (χ3n) is 5.39. The van der Waals surface area contributed by atoms with E-state index in [1.807, 2.05) is 0 Å². The first-order chi connectivity index (χ1) is 9.86. The van der Waals surface area contributed by atoms with Crippen LogP contribution in [0.15, 0.2) is 18.2 Å². The number of aliphatic hydroxyl groups is 1. The second-order valence-corrected chi connectivity index (χ2v) is 7.33. The molecule has 2 unspecified atom stereocenters. The molecule has 2 heteroatoms. The second kappa shape index (κ2) is 6.10. The van der Waals surface area contributed by atoms with E-state index in [0.717, 1.165) is 6.61 Å². The van der Waals surface area contributed by atoms with Gasteiger partial charge < -0.3 is 9.84 Å². The molecule has 1 saturated carbocycles. The molecular formula is C19H30O2. The third-order valence-corrected chi connectivity index (χ3v) is 5.39. The molecule has 0 aromatic heterocycles. The van der Waals surface area contributed by atoms with E-state index in [1.54, 1.807) is 7.11 Å². The Hall–Kier alpha value is -0.860. The van der Waals surface area contributed by atoms with Crippen molar-refractivity contribution in [1.82, 2.24) is 0 Å². The molecule has 2 rings (SSSR count). The molecule has 1 aromatic carbocycles. The second-order valence-electron chi connectivity index (χ2n) is 7.33. The summed E-state index contributed by atoms with van der Waals surface area (Å²) in [5.41, 5.74) is 4.23. The Kier molecular flexibility index (Phi) is 4.79. The highest BCUT2D eigenvalue weighted by Crippen LogP contribution is 2.60. The lowest BCUT2D eigenvalue weighted by Gasteiger charge is -2.19. The number of rotatable bonds is 6. The van der Waals surface area contributed by atoms with Crippen molar-refractivity contribution in [2.24, 2.45) is 11.8 Å². The number of hydrogen-bond acceptors (Lipinski definition) is 2. The molecule has 21 heavy (non-hydrogen) atoms. The minimum atomic E-state index is 0.0549. The number of aliphatic hydroxyl groups excluding tert-OH is 1. The van der Waals surface area contributed by atoms with E-state index in [-0.39, 0.29) is 12.0 Å². The predicted molar refractivity (Wildman–Crippen MR) is 87.9 cm³/mol. The van der Waals surface area contributed by atoms with E-state index in [1.165, 1.54) is 16.7 Å². The van der Waals surface area contributed by atoms with Gasteiger partial charge in [-0.15, -0.1) is 0 Å². The van der Waals surface area contributed by atoms with Crippen LogP contribution in [0.2, 0.25) is 0 Å². The topological polar surface area (TPSA) is 29.5 Å². The summed E-state index contributed by atoms with van der Waals surface area (Å²) in [5.74, 6) is 1.80. The van der Waals surface area contributed by atoms with Crippen molar-refractivity contribution in [2.75, 3.05) is 20.3 Å². The van der Waals surface area contributed by atoms with Gasteiger partial charge in [-0.2, -0.15) is 0 Å². The molecule has 3 atom stereocenters. The summed E-state index contributed by atoms with van der Waals surface area (Å²) in [7, 11) is 1.75. The molecule has 0 heterocycles. The molecule has 0 spiro atoms. The van der Waals surface area contributed by atoms with Crippen molar-refractivity contribution in [2.45, 2.75) is 51.9 Å². The molecule has 1 aromatic rings. The van der Waals surface area contributed by atoms with Crippen LogP contribution < -0.4 is 0 Å². The molecule has 0 bridgehead atoms. The number of hydrogen-bond donors (Lipinski definition) is 1. The van der Waals surface area contributed by atoms with Crippen molar-refractivity contribution >= 4 is 0 Å². The lowest BCUT2D eigenvalue weighted by atomic mass is 9.86. The first-order valence-electron chi connectivity index (χ1n) is 8.11. The average Bonchev–Trinajstić information content (AvgIpc) is 3.03. The van der Waals surface area contributed by atoms with Crippen LogP contribution in [0.25, 0.3) is 0 Å². The van der Waals surface area contributed by atoms with Gasteiger partial charge in [0.15, 0.2) is 0 Å². The Morgan fingerprint density at radius 2 is 1.57 bits per heavy atom. The largest absolute Gasteiger partial charge is 0.396 e. The van der Waals surface area contributed by atoms with Crippen LogP contribution in [0.1, 0.15) is 63.1 Å². The molecule has 1 fully saturated rings. The zero-order valence-corrected chi connectivity index (χ0v) is 14.3. The van der Waals surface area contributed by atoms with Crippen LogP contribution in [0, 0.1) is 11.8 Å². The molecule has 118 valence electrons. The maximum absolute atomic E-state index is 9.70. The zero-order valence-electron chi connectivity index (χ0n) is 14.3. The van der Waals surface area contributed by atoms with E-state index in [9.17, 15) is 5.11 Å². The van der Waals surface area contributed by atoms with Crippen LogP contribution in [-0.2, 0) is 10.2 Å². The van der Waals surface area contributed by atoms with Gasteiger partial charge in [-0.05, 0) is 40.4 Å². The molecule has 1 aliphatic carbocycles. The Morgan fingerprint density at radius 3 is 1.95 bits per heavy atom. The summed E-state index contributed by atoms with van der Waals surface area (Å²) in [4.78, 5) is 0. The van der Waals surface area contributed by atoms with Gasteiger partial charge in [0.05, 0.1) is 6.61 Å². The van der Waals surface area contributed by atoms with Crippen LogP contribution >= 0.6 is 0 Å². The van der Waals surface area contributed by atoms with Gasteiger partial charge in [0.2, 0.25) is 0 Å². The van der Waals surface area contributed by atoms with Crippen molar-refractivity contribution in [3.05, 3.63) is 34.9 Å². The number of ether oxygens (including phenoxy) is 1. The van der Waals surface area contributed by atoms with Gasteiger partial charge >= 0.3 is 0 Å². The molecule has 0 amide bonds. The highest BCUT2D eigenvalue weighted by atomic mass is 16.5. The summed E-state index contributed by atoms with van der Waals surface area (Å²) in [6.45, 7) is 12.2. The van der Waals surface area contributed by atoms with E-state index in [2.05, 4.69) is 52.8 Å². The molecule has 2 nitrogen and oxygen atoms in total. The van der Waals surface area contributed by atoms with E-state index < -0.39 is 0 Å². The maximum atomic E-state index is 9.70. The highest BCUT2D eigenvalue weighted by Gasteiger charge is 2.61. The number of methoxy groups -OCH3 is 1. The Balaban J connectivity index is 2.43. The lowest BCUT2D eigenvalue weighted by molar-refractivity contribution is 0.169. The van der Waals surface area contributed by atoms with Crippen molar-refractivity contribution in [3.8, 4) is 0 Å². The zero-order chi connectivity index (χ0) is 15.8. The summed E-state index contributed by atoms with van der Waals surface area (Å²) in [5, 5.41) is 9.70. The Bertz CT molecular complexity index is 466. The smallest absolute Gasteiger partial charge is 0.0502 e. The van der Waals surface area contributed by atoms with Crippen LogP contribution in [0.3, 0.4) is 0 Å². The van der Waals surface area contributed by atoms with Gasteiger partial charge in [-0.25, -0.2) is 0 Å². The molecule has 1 N–H and O–H groups in total. The molecule has 0 aliphatic heterocycles. The van der Waals surface area contributed by atoms with E-state index in [0.29, 0.717) is 23.7 Å². The van der Waals surface area contributed by atoms with Crippen molar-refractivity contribution in [3.63, 3.8) is 0 Å². The minimum Gasteiger partial charge on any atom is -0.396 e. The van der Waals surface area contributed by atoms with Crippen molar-refractivity contribution in [1.29, 1.82) is 0 Å². The van der Waals surface area contributed by atoms with Crippen LogP contribution in [0.4, 0.5) is 0 Å². The quantitative estimate of drug-likeness (QED) is 0.855. The molecule has 0 radical (unpaired) electrons. The monoisotopic (exact) mass is 290 g/mol. The Labute approximate surface area is 129 Å². The predicted octanol–water partition coefficient (Wildman–Crippen LogP) is 4.08. The van der Waals surface area contributed by atoms with E-state index in [4.69, 9.17) is 4.74 Å². The highest BCUT2D eigenvalue weighted by molar-refractivity contribution is 5.43. The SMILES string of the molecule is COCC1[C@@H](CO)C1(C)c1cc(C(C)C)cc(C(C)C)c1. The Morgan fingerprint density at radius 1 is 1.05 bits per heavy atom. The molecule has 1 aliphatic rings. The fraction of sp³-hybridized carbons (Fsp3) is 0.684. The van der Waals surface area contributed by atoms with Crippen LogP contribution in [-0.4, -0.2) is 25.4 Å². The molecular weight excluding hydrogens is 260 g/mol. The fourth-order valence-corrected chi connectivity index (χ4v) is 3.57. The normalized spacial score (nSPS) is 28.4. The fourth-order valence-electron chi connectivity index (χ4n) is 3.57.